The van der Waals surface area contributed by atoms with E-state index in [9.17, 15) is 0 Å². The van der Waals surface area contributed by atoms with Crippen LogP contribution >= 0.6 is 0 Å². The van der Waals surface area contributed by atoms with Gasteiger partial charge in [-0.25, -0.2) is 0 Å². The molecular weight excluding hydrogens is 192 g/mol. The Morgan fingerprint density at radius 3 is 3.00 bits per heavy atom. The molecule has 2 unspecified atom stereocenters. The van der Waals surface area contributed by atoms with Crippen LogP contribution in [0.3, 0.4) is 0 Å². The van der Waals surface area contributed by atoms with E-state index in [1.807, 2.05) is 0 Å². The van der Waals surface area contributed by atoms with Crippen LogP contribution in [0.15, 0.2) is 6.33 Å². The van der Waals surface area contributed by atoms with E-state index in [4.69, 9.17) is 10.5 Å². The third-order valence-electron chi connectivity index (χ3n) is 2.82. The summed E-state index contributed by atoms with van der Waals surface area (Å²) in [6.45, 7) is 4.82. The third kappa shape index (κ3) is 2.03. The fourth-order valence-electron chi connectivity index (χ4n) is 1.95. The van der Waals surface area contributed by atoms with Crippen molar-refractivity contribution in [3.8, 4) is 0 Å². The summed E-state index contributed by atoms with van der Waals surface area (Å²) >= 11 is 0. The van der Waals surface area contributed by atoms with Gasteiger partial charge in [0.1, 0.15) is 12.4 Å². The number of rotatable bonds is 3. The molecule has 5 heteroatoms. The lowest BCUT2D eigenvalue weighted by Crippen LogP contribution is -2.19. The zero-order valence-electron chi connectivity index (χ0n) is 9.26. The van der Waals surface area contributed by atoms with Crippen molar-refractivity contribution in [1.29, 1.82) is 0 Å². The van der Waals surface area contributed by atoms with Gasteiger partial charge in [0, 0.05) is 12.6 Å². The van der Waals surface area contributed by atoms with Gasteiger partial charge in [-0.15, -0.1) is 10.2 Å². The van der Waals surface area contributed by atoms with Crippen molar-refractivity contribution in [2.75, 3.05) is 6.54 Å². The first-order valence-corrected chi connectivity index (χ1v) is 5.47. The number of nitrogens with zero attached hydrogens (tertiary/aromatic N) is 3. The first-order valence-electron chi connectivity index (χ1n) is 5.47. The molecule has 15 heavy (non-hydrogen) atoms. The number of ether oxygens (including phenoxy) is 1. The Morgan fingerprint density at radius 2 is 2.40 bits per heavy atom. The maximum Gasteiger partial charge on any atom is 0.162 e. The second-order valence-electron chi connectivity index (χ2n) is 4.25. The van der Waals surface area contributed by atoms with E-state index < -0.39 is 0 Å². The van der Waals surface area contributed by atoms with Gasteiger partial charge in [0.2, 0.25) is 0 Å². The second kappa shape index (κ2) is 4.28. The summed E-state index contributed by atoms with van der Waals surface area (Å²) in [5, 5.41) is 8.08. The lowest BCUT2D eigenvalue weighted by atomic mass is 10.2. The lowest BCUT2D eigenvalue weighted by Gasteiger charge is -2.15. The molecule has 84 valence electrons. The van der Waals surface area contributed by atoms with Gasteiger partial charge in [0.15, 0.2) is 5.82 Å². The molecule has 1 fully saturated rings. The highest BCUT2D eigenvalue weighted by atomic mass is 16.5. The monoisotopic (exact) mass is 210 g/mol. The first kappa shape index (κ1) is 10.6. The van der Waals surface area contributed by atoms with Crippen LogP contribution < -0.4 is 5.73 Å². The normalized spacial score (nSPS) is 26.4. The molecule has 1 aromatic heterocycles. The summed E-state index contributed by atoms with van der Waals surface area (Å²) in [6, 6.07) is 0.371. The zero-order chi connectivity index (χ0) is 10.8. The van der Waals surface area contributed by atoms with Gasteiger partial charge in [-0.05, 0) is 26.7 Å². The van der Waals surface area contributed by atoms with Crippen LogP contribution in [0, 0.1) is 0 Å². The van der Waals surface area contributed by atoms with E-state index in [2.05, 4.69) is 28.6 Å². The Hall–Kier alpha value is -0.940. The molecule has 2 atom stereocenters. The predicted octanol–water partition coefficient (Wildman–Crippen LogP) is 1.04. The first-order chi connectivity index (χ1) is 7.22. The van der Waals surface area contributed by atoms with Gasteiger partial charge in [-0.1, -0.05) is 0 Å². The van der Waals surface area contributed by atoms with E-state index in [-0.39, 0.29) is 12.2 Å². The molecule has 0 aromatic carbocycles. The van der Waals surface area contributed by atoms with Gasteiger partial charge in [-0.3, -0.25) is 0 Å². The molecule has 0 aliphatic carbocycles. The number of hydrogen-bond acceptors (Lipinski definition) is 4. The van der Waals surface area contributed by atoms with E-state index in [1.54, 1.807) is 6.33 Å². The fraction of sp³-hybridized carbons (Fsp3) is 0.800. The van der Waals surface area contributed by atoms with Gasteiger partial charge in [0.05, 0.1) is 6.10 Å². The van der Waals surface area contributed by atoms with E-state index in [1.165, 1.54) is 0 Å². The third-order valence-corrected chi connectivity index (χ3v) is 2.82. The van der Waals surface area contributed by atoms with Crippen molar-refractivity contribution < 1.29 is 4.74 Å². The number of nitrogens with two attached hydrogens (primary N) is 1. The van der Waals surface area contributed by atoms with E-state index >= 15 is 0 Å². The molecular formula is C10H18N4O. The van der Waals surface area contributed by atoms with Gasteiger partial charge in [-0.2, -0.15) is 0 Å². The summed E-state index contributed by atoms with van der Waals surface area (Å²) in [4.78, 5) is 0. The van der Waals surface area contributed by atoms with E-state index in [0.717, 1.165) is 18.7 Å². The average molecular weight is 210 g/mol. The Kier molecular flexibility index (Phi) is 3.02. The molecule has 2 heterocycles. The maximum atomic E-state index is 5.80. The summed E-state index contributed by atoms with van der Waals surface area (Å²) in [5.74, 6) is 0.931. The molecule has 0 radical (unpaired) electrons. The molecule has 0 spiro atoms. The Bertz CT molecular complexity index is 323. The van der Waals surface area contributed by atoms with Gasteiger partial charge < -0.3 is 15.0 Å². The van der Waals surface area contributed by atoms with Crippen LogP contribution in [0.2, 0.25) is 0 Å². The smallest absolute Gasteiger partial charge is 0.162 e. The molecule has 1 aliphatic rings. The highest BCUT2D eigenvalue weighted by Crippen LogP contribution is 2.31. The van der Waals surface area contributed by atoms with Crippen molar-refractivity contribution in [3.63, 3.8) is 0 Å². The Morgan fingerprint density at radius 1 is 1.60 bits per heavy atom. The summed E-state index contributed by atoms with van der Waals surface area (Å²) in [5.41, 5.74) is 5.58. The zero-order valence-corrected chi connectivity index (χ0v) is 9.26. The second-order valence-corrected chi connectivity index (χ2v) is 4.25. The molecule has 0 bridgehead atoms. The number of hydrogen-bond donors (Lipinski definition) is 1. The molecule has 1 saturated heterocycles. The minimum Gasteiger partial charge on any atom is -0.366 e. The molecule has 1 aromatic rings. The molecule has 0 amide bonds. The lowest BCUT2D eigenvalue weighted by molar-refractivity contribution is 0.0420. The minimum absolute atomic E-state index is 0.0726. The maximum absolute atomic E-state index is 5.80. The Balaban J connectivity index is 2.13. The molecule has 1 aliphatic heterocycles. The van der Waals surface area contributed by atoms with Crippen molar-refractivity contribution in [2.24, 2.45) is 5.73 Å². The molecule has 0 saturated carbocycles. The predicted molar refractivity (Wildman–Crippen MR) is 56.3 cm³/mol. The molecule has 2 rings (SSSR count). The minimum atomic E-state index is 0.0726. The van der Waals surface area contributed by atoms with Crippen LogP contribution in [0.1, 0.15) is 44.7 Å². The fourth-order valence-corrected chi connectivity index (χ4v) is 1.95. The van der Waals surface area contributed by atoms with Gasteiger partial charge >= 0.3 is 0 Å². The summed E-state index contributed by atoms with van der Waals surface area (Å²) in [7, 11) is 0. The van der Waals surface area contributed by atoms with Crippen LogP contribution in [0.5, 0.6) is 0 Å². The highest BCUT2D eigenvalue weighted by Gasteiger charge is 2.29. The topological polar surface area (TPSA) is 66.0 Å². The number of aromatic nitrogens is 3. The van der Waals surface area contributed by atoms with Crippen molar-refractivity contribution >= 4 is 0 Å². The van der Waals surface area contributed by atoms with Crippen molar-refractivity contribution in [1.82, 2.24) is 14.8 Å². The van der Waals surface area contributed by atoms with Crippen LogP contribution in [0.4, 0.5) is 0 Å². The van der Waals surface area contributed by atoms with E-state index in [0.29, 0.717) is 12.6 Å². The van der Waals surface area contributed by atoms with Crippen molar-refractivity contribution in [3.05, 3.63) is 12.2 Å². The van der Waals surface area contributed by atoms with Gasteiger partial charge in [0.25, 0.3) is 0 Å². The summed E-state index contributed by atoms with van der Waals surface area (Å²) < 4.78 is 7.86. The van der Waals surface area contributed by atoms with Crippen molar-refractivity contribution in [2.45, 2.75) is 44.9 Å². The largest absolute Gasteiger partial charge is 0.366 e. The molecule has 5 nitrogen and oxygen atoms in total. The molecule has 2 N–H and O–H groups in total. The van der Waals surface area contributed by atoms with Crippen LogP contribution in [-0.4, -0.2) is 27.4 Å². The SMILES string of the molecule is CC(C)n1cnnc1C1CCC(CN)O1. The Labute approximate surface area is 89.6 Å². The standard InChI is InChI=1S/C10H18N4O/c1-7(2)14-6-12-13-10(14)9-4-3-8(5-11)15-9/h6-9H,3-5,11H2,1-2H3. The average Bonchev–Trinajstić information content (AvgIpc) is 2.85. The highest BCUT2D eigenvalue weighted by molar-refractivity contribution is 4.96. The summed E-state index contributed by atoms with van der Waals surface area (Å²) in [6.07, 6.45) is 4.04. The quantitative estimate of drug-likeness (QED) is 0.809. The van der Waals surface area contributed by atoms with Crippen LogP contribution in [-0.2, 0) is 4.74 Å². The van der Waals surface area contributed by atoms with Crippen LogP contribution in [0.25, 0.3) is 0 Å².